The SMILES string of the molecule is CCS(=O)(=O)N(C)C1CCN(C(=O)Cn2nc(-c3ccncc3)cc2Cc2ccc(F)cc2)CC1. The van der Waals surface area contributed by atoms with Crippen LogP contribution in [0.25, 0.3) is 11.3 Å². The second-order valence-electron chi connectivity index (χ2n) is 8.75. The minimum atomic E-state index is -3.26. The van der Waals surface area contributed by atoms with Crippen LogP contribution in [-0.2, 0) is 27.8 Å². The first-order valence-corrected chi connectivity index (χ1v) is 13.3. The van der Waals surface area contributed by atoms with E-state index in [2.05, 4.69) is 4.98 Å². The maximum atomic E-state index is 13.4. The van der Waals surface area contributed by atoms with Gasteiger partial charge in [-0.05, 0) is 55.7 Å². The number of nitrogens with zero attached hydrogens (tertiary/aromatic N) is 5. The van der Waals surface area contributed by atoms with E-state index in [4.69, 9.17) is 5.10 Å². The van der Waals surface area contributed by atoms with Crippen molar-refractivity contribution in [2.45, 2.75) is 38.8 Å². The van der Waals surface area contributed by atoms with Crippen molar-refractivity contribution in [2.75, 3.05) is 25.9 Å². The third-order valence-electron chi connectivity index (χ3n) is 6.56. The molecular formula is C25H30FN5O3S. The number of pyridine rings is 1. The normalized spacial score (nSPS) is 15.0. The topological polar surface area (TPSA) is 88.4 Å². The van der Waals surface area contributed by atoms with Gasteiger partial charge in [-0.15, -0.1) is 0 Å². The zero-order valence-corrected chi connectivity index (χ0v) is 20.8. The van der Waals surface area contributed by atoms with Crippen molar-refractivity contribution in [2.24, 2.45) is 0 Å². The molecule has 1 aliphatic heterocycles. The van der Waals surface area contributed by atoms with E-state index < -0.39 is 10.0 Å². The molecule has 186 valence electrons. The molecule has 2 aromatic heterocycles. The van der Waals surface area contributed by atoms with E-state index in [-0.39, 0.29) is 30.1 Å². The lowest BCUT2D eigenvalue weighted by atomic mass is 10.1. The Morgan fingerprint density at radius 3 is 2.40 bits per heavy atom. The van der Waals surface area contributed by atoms with Crippen molar-refractivity contribution in [3.05, 3.63) is 71.9 Å². The minimum absolute atomic E-state index is 0.0609. The summed E-state index contributed by atoms with van der Waals surface area (Å²) in [6, 6.07) is 11.9. The van der Waals surface area contributed by atoms with E-state index in [0.29, 0.717) is 32.4 Å². The van der Waals surface area contributed by atoms with E-state index in [0.717, 1.165) is 22.5 Å². The van der Waals surface area contributed by atoms with Crippen molar-refractivity contribution in [3.63, 3.8) is 0 Å². The van der Waals surface area contributed by atoms with Gasteiger partial charge < -0.3 is 4.90 Å². The summed E-state index contributed by atoms with van der Waals surface area (Å²) in [6.07, 6.45) is 5.10. The third kappa shape index (κ3) is 5.94. The molecular weight excluding hydrogens is 469 g/mol. The van der Waals surface area contributed by atoms with Crippen molar-refractivity contribution in [3.8, 4) is 11.3 Å². The van der Waals surface area contributed by atoms with Crippen LogP contribution in [0.2, 0.25) is 0 Å². The lowest BCUT2D eigenvalue weighted by molar-refractivity contribution is -0.133. The average molecular weight is 500 g/mol. The van der Waals surface area contributed by atoms with Crippen molar-refractivity contribution < 1.29 is 17.6 Å². The predicted molar refractivity (Wildman–Crippen MR) is 131 cm³/mol. The molecule has 35 heavy (non-hydrogen) atoms. The Labute approximate surface area is 205 Å². The van der Waals surface area contributed by atoms with Gasteiger partial charge in [-0.25, -0.2) is 17.1 Å². The van der Waals surface area contributed by atoms with Gasteiger partial charge in [-0.1, -0.05) is 12.1 Å². The standard InChI is InChI=1S/C25H30FN5O3S/c1-3-35(33,34)29(2)22-10-14-30(15-11-22)25(32)18-31-23(16-19-4-6-21(26)7-5-19)17-24(28-31)20-8-12-27-13-9-20/h4-9,12-13,17,22H,3,10-11,14-16,18H2,1-2H3. The van der Waals surface area contributed by atoms with Crippen LogP contribution in [0.15, 0.2) is 54.9 Å². The van der Waals surface area contributed by atoms with Gasteiger partial charge in [0.15, 0.2) is 0 Å². The summed E-state index contributed by atoms with van der Waals surface area (Å²) in [5.74, 6) is -0.289. The van der Waals surface area contributed by atoms with Crippen molar-refractivity contribution in [1.82, 2.24) is 24.0 Å². The van der Waals surface area contributed by atoms with Crippen LogP contribution in [0, 0.1) is 5.82 Å². The van der Waals surface area contributed by atoms with Crippen LogP contribution in [0.5, 0.6) is 0 Å². The van der Waals surface area contributed by atoms with E-state index in [1.165, 1.54) is 16.4 Å². The van der Waals surface area contributed by atoms with Crippen LogP contribution in [0.4, 0.5) is 4.39 Å². The maximum absolute atomic E-state index is 13.4. The number of rotatable bonds is 8. The first-order chi connectivity index (χ1) is 16.8. The molecule has 10 heteroatoms. The first kappa shape index (κ1) is 25.0. The van der Waals surface area contributed by atoms with E-state index >= 15 is 0 Å². The molecule has 1 saturated heterocycles. The van der Waals surface area contributed by atoms with Crippen LogP contribution in [-0.4, -0.2) is 70.2 Å². The average Bonchev–Trinajstić information content (AvgIpc) is 3.27. The summed E-state index contributed by atoms with van der Waals surface area (Å²) < 4.78 is 40.9. The number of amides is 1. The number of carbonyl (C=O) groups excluding carboxylic acids is 1. The van der Waals surface area contributed by atoms with Gasteiger partial charge in [0.25, 0.3) is 0 Å². The number of halogens is 1. The Morgan fingerprint density at radius 1 is 1.11 bits per heavy atom. The fourth-order valence-electron chi connectivity index (χ4n) is 4.35. The van der Waals surface area contributed by atoms with Gasteiger partial charge in [0, 0.05) is 56.3 Å². The number of hydrogen-bond donors (Lipinski definition) is 0. The van der Waals surface area contributed by atoms with Gasteiger partial charge in [-0.2, -0.15) is 5.10 Å². The van der Waals surface area contributed by atoms with Gasteiger partial charge >= 0.3 is 0 Å². The Kier molecular flexibility index (Phi) is 7.61. The third-order valence-corrected chi connectivity index (χ3v) is 8.46. The Hall–Kier alpha value is -3.11. The molecule has 1 amide bonds. The lowest BCUT2D eigenvalue weighted by Crippen LogP contribution is -2.48. The highest BCUT2D eigenvalue weighted by Gasteiger charge is 2.30. The van der Waals surface area contributed by atoms with Crippen LogP contribution in [0.3, 0.4) is 0 Å². The number of benzene rings is 1. The fraction of sp³-hybridized carbons (Fsp3) is 0.400. The Morgan fingerprint density at radius 2 is 1.77 bits per heavy atom. The molecule has 8 nitrogen and oxygen atoms in total. The summed E-state index contributed by atoms with van der Waals surface area (Å²) in [6.45, 7) is 2.71. The van der Waals surface area contributed by atoms with Crippen molar-refractivity contribution in [1.29, 1.82) is 0 Å². The molecule has 4 rings (SSSR count). The highest BCUT2D eigenvalue weighted by Crippen LogP contribution is 2.22. The molecule has 0 unspecified atom stereocenters. The summed E-state index contributed by atoms with van der Waals surface area (Å²) in [5.41, 5.74) is 3.40. The van der Waals surface area contributed by atoms with E-state index in [9.17, 15) is 17.6 Å². The molecule has 1 aromatic carbocycles. The molecule has 0 radical (unpaired) electrons. The largest absolute Gasteiger partial charge is 0.341 e. The smallest absolute Gasteiger partial charge is 0.244 e. The summed E-state index contributed by atoms with van der Waals surface area (Å²) in [5, 5.41) is 4.70. The van der Waals surface area contributed by atoms with Gasteiger partial charge in [0.2, 0.25) is 15.9 Å². The zero-order valence-electron chi connectivity index (χ0n) is 20.0. The number of likely N-dealkylation sites (tertiary alicyclic amines) is 1. The molecule has 3 heterocycles. The van der Waals surface area contributed by atoms with E-state index in [1.54, 1.807) is 48.1 Å². The highest BCUT2D eigenvalue weighted by molar-refractivity contribution is 7.89. The monoisotopic (exact) mass is 499 g/mol. The number of carbonyl (C=O) groups is 1. The van der Waals surface area contributed by atoms with Crippen molar-refractivity contribution >= 4 is 15.9 Å². The summed E-state index contributed by atoms with van der Waals surface area (Å²) >= 11 is 0. The van der Waals surface area contributed by atoms with Crippen LogP contribution >= 0.6 is 0 Å². The molecule has 0 aliphatic carbocycles. The maximum Gasteiger partial charge on any atom is 0.244 e. The molecule has 0 atom stereocenters. The summed E-state index contributed by atoms with van der Waals surface area (Å²) in [4.78, 5) is 19.0. The second kappa shape index (κ2) is 10.7. The molecule has 3 aromatic rings. The molecule has 1 fully saturated rings. The summed E-state index contributed by atoms with van der Waals surface area (Å²) in [7, 11) is -1.64. The Balaban J connectivity index is 1.49. The highest BCUT2D eigenvalue weighted by atomic mass is 32.2. The van der Waals surface area contributed by atoms with E-state index in [1.807, 2.05) is 18.2 Å². The molecule has 0 N–H and O–H groups in total. The number of piperidine rings is 1. The molecule has 1 aliphatic rings. The van der Waals surface area contributed by atoms with Gasteiger partial charge in [-0.3, -0.25) is 14.5 Å². The van der Waals surface area contributed by atoms with Crippen LogP contribution in [0.1, 0.15) is 31.0 Å². The number of aromatic nitrogens is 3. The number of hydrogen-bond acceptors (Lipinski definition) is 5. The van der Waals surface area contributed by atoms with Gasteiger partial charge in [0.05, 0.1) is 11.4 Å². The Bertz CT molecular complexity index is 1250. The lowest BCUT2D eigenvalue weighted by Gasteiger charge is -2.36. The molecule has 0 saturated carbocycles. The first-order valence-electron chi connectivity index (χ1n) is 11.7. The predicted octanol–water partition coefficient (Wildman–Crippen LogP) is 2.95. The van der Waals surface area contributed by atoms with Crippen LogP contribution < -0.4 is 0 Å². The zero-order chi connectivity index (χ0) is 25.0. The van der Waals surface area contributed by atoms with Gasteiger partial charge in [0.1, 0.15) is 12.4 Å². The molecule has 0 spiro atoms. The number of sulfonamides is 1. The second-order valence-corrected chi connectivity index (χ2v) is 11.1. The molecule has 0 bridgehead atoms. The quantitative estimate of drug-likeness (QED) is 0.476. The minimum Gasteiger partial charge on any atom is -0.341 e. The fourth-order valence-corrected chi connectivity index (χ4v) is 5.42.